The van der Waals surface area contributed by atoms with Crippen LogP contribution < -0.4 is 16.4 Å². The minimum absolute atomic E-state index is 0.211. The molecular formula is C17H21N3O. The van der Waals surface area contributed by atoms with Gasteiger partial charge in [-0.25, -0.2) is 4.79 Å². The van der Waals surface area contributed by atoms with Gasteiger partial charge >= 0.3 is 6.03 Å². The first kappa shape index (κ1) is 15.1. The molecule has 110 valence electrons. The zero-order chi connectivity index (χ0) is 15.2. The molecule has 2 rings (SSSR count). The van der Waals surface area contributed by atoms with Gasteiger partial charge in [-0.05, 0) is 37.1 Å². The third-order valence-corrected chi connectivity index (χ3v) is 3.48. The fraction of sp³-hybridized carbons (Fsp3) is 0.235. The lowest BCUT2D eigenvalue weighted by Gasteiger charge is -2.21. The third-order valence-electron chi connectivity index (χ3n) is 3.48. The highest BCUT2D eigenvalue weighted by Crippen LogP contribution is 2.20. The molecule has 0 heterocycles. The second kappa shape index (κ2) is 6.90. The molecule has 4 heteroatoms. The maximum Gasteiger partial charge on any atom is 0.316 e. The average Bonchev–Trinajstić information content (AvgIpc) is 2.48. The van der Waals surface area contributed by atoms with Crippen LogP contribution in [-0.4, -0.2) is 6.03 Å². The Hall–Kier alpha value is -2.33. The average molecular weight is 283 g/mol. The summed E-state index contributed by atoms with van der Waals surface area (Å²) >= 11 is 0. The van der Waals surface area contributed by atoms with Crippen molar-refractivity contribution in [1.29, 1.82) is 0 Å². The molecule has 0 aliphatic carbocycles. The molecule has 0 saturated heterocycles. The number of rotatable bonds is 5. The fourth-order valence-electron chi connectivity index (χ4n) is 2.31. The Morgan fingerprint density at radius 1 is 0.905 bits per heavy atom. The van der Waals surface area contributed by atoms with E-state index in [0.29, 0.717) is 5.69 Å². The molecule has 2 aromatic rings. The van der Waals surface area contributed by atoms with Crippen LogP contribution in [0.3, 0.4) is 0 Å². The Morgan fingerprint density at radius 2 is 1.43 bits per heavy atom. The highest BCUT2D eigenvalue weighted by molar-refractivity contribution is 5.87. The number of amides is 2. The lowest BCUT2D eigenvalue weighted by Crippen LogP contribution is -2.22. The molecular weight excluding hydrogens is 262 g/mol. The number of nitrogens with two attached hydrogens (primary N) is 1. The molecule has 0 spiro atoms. The molecule has 0 aromatic heterocycles. The first-order valence-electron chi connectivity index (χ1n) is 7.03. The van der Waals surface area contributed by atoms with E-state index < -0.39 is 6.03 Å². The first-order chi connectivity index (χ1) is 10.1. The molecule has 2 amide bonds. The molecule has 2 aromatic carbocycles. The number of benzene rings is 2. The Morgan fingerprint density at radius 3 is 1.95 bits per heavy atom. The topological polar surface area (TPSA) is 67.2 Å². The predicted molar refractivity (Wildman–Crippen MR) is 86.1 cm³/mol. The van der Waals surface area contributed by atoms with Gasteiger partial charge in [0.25, 0.3) is 0 Å². The van der Waals surface area contributed by atoms with Crippen LogP contribution in [0.5, 0.6) is 0 Å². The number of carbonyl (C=O) groups is 1. The summed E-state index contributed by atoms with van der Waals surface area (Å²) < 4.78 is 0. The maximum absolute atomic E-state index is 10.8. The first-order valence-corrected chi connectivity index (χ1v) is 7.03. The lowest BCUT2D eigenvalue weighted by atomic mass is 10.0. The van der Waals surface area contributed by atoms with Gasteiger partial charge in [-0.15, -0.1) is 0 Å². The van der Waals surface area contributed by atoms with Crippen molar-refractivity contribution in [2.45, 2.75) is 25.9 Å². The Balaban J connectivity index is 2.00. The predicted octanol–water partition coefficient (Wildman–Crippen LogP) is 3.59. The second-order valence-electron chi connectivity index (χ2n) is 5.13. The highest BCUT2D eigenvalue weighted by Gasteiger charge is 2.10. The second-order valence-corrected chi connectivity index (χ2v) is 5.13. The van der Waals surface area contributed by atoms with E-state index >= 15 is 0 Å². The van der Waals surface area contributed by atoms with Gasteiger partial charge in [-0.3, -0.25) is 0 Å². The Labute approximate surface area is 125 Å². The van der Waals surface area contributed by atoms with Crippen LogP contribution in [0.4, 0.5) is 10.5 Å². The van der Waals surface area contributed by atoms with Crippen LogP contribution in [0, 0.1) is 0 Å². The lowest BCUT2D eigenvalue weighted by molar-refractivity contribution is 0.259. The summed E-state index contributed by atoms with van der Waals surface area (Å²) in [6, 6.07) is 17.9. The van der Waals surface area contributed by atoms with Gasteiger partial charge in [-0.2, -0.15) is 0 Å². The molecule has 2 atom stereocenters. The third kappa shape index (κ3) is 4.33. The Kier molecular flexibility index (Phi) is 4.95. The number of urea groups is 1. The molecule has 4 N–H and O–H groups in total. The molecule has 0 fully saturated rings. The van der Waals surface area contributed by atoms with E-state index in [1.54, 1.807) is 0 Å². The van der Waals surface area contributed by atoms with E-state index in [9.17, 15) is 4.79 Å². The van der Waals surface area contributed by atoms with Gasteiger partial charge in [0.15, 0.2) is 0 Å². The monoisotopic (exact) mass is 283 g/mol. The van der Waals surface area contributed by atoms with Crippen LogP contribution >= 0.6 is 0 Å². The van der Waals surface area contributed by atoms with Crippen molar-refractivity contribution < 1.29 is 4.79 Å². The molecule has 1 unspecified atom stereocenters. The van der Waals surface area contributed by atoms with E-state index in [1.807, 2.05) is 42.5 Å². The molecule has 0 radical (unpaired) electrons. The smallest absolute Gasteiger partial charge is 0.316 e. The van der Waals surface area contributed by atoms with Gasteiger partial charge in [0.1, 0.15) is 0 Å². The van der Waals surface area contributed by atoms with Gasteiger partial charge in [-0.1, -0.05) is 42.5 Å². The normalized spacial score (nSPS) is 13.4. The molecule has 4 nitrogen and oxygen atoms in total. The van der Waals surface area contributed by atoms with Gasteiger partial charge in [0, 0.05) is 17.8 Å². The van der Waals surface area contributed by atoms with E-state index in [-0.39, 0.29) is 12.1 Å². The van der Waals surface area contributed by atoms with E-state index in [0.717, 1.165) is 5.56 Å². The highest BCUT2D eigenvalue weighted by atomic mass is 16.2. The van der Waals surface area contributed by atoms with Crippen LogP contribution in [-0.2, 0) is 0 Å². The molecule has 0 aliphatic heterocycles. The number of nitrogens with one attached hydrogen (secondary N) is 2. The van der Waals surface area contributed by atoms with Crippen LogP contribution in [0.1, 0.15) is 37.1 Å². The number of hydrogen-bond acceptors (Lipinski definition) is 2. The van der Waals surface area contributed by atoms with Crippen molar-refractivity contribution in [2.24, 2.45) is 5.73 Å². The van der Waals surface area contributed by atoms with Crippen LogP contribution in [0.25, 0.3) is 0 Å². The molecule has 0 saturated carbocycles. The largest absolute Gasteiger partial charge is 0.351 e. The number of carbonyl (C=O) groups excluding carboxylic acids is 1. The summed E-state index contributed by atoms with van der Waals surface area (Å²) in [5, 5.41) is 6.12. The van der Waals surface area contributed by atoms with E-state index in [1.165, 1.54) is 5.56 Å². The number of anilines is 1. The SMILES string of the molecule is CC(N[C@@H](C)c1ccccc1)c1ccc(NC(N)=O)cc1. The van der Waals surface area contributed by atoms with Crippen molar-refractivity contribution in [3.05, 3.63) is 65.7 Å². The quantitative estimate of drug-likeness (QED) is 0.785. The van der Waals surface area contributed by atoms with E-state index in [2.05, 4.69) is 36.6 Å². The molecule has 0 bridgehead atoms. The number of hydrogen-bond donors (Lipinski definition) is 3. The van der Waals surface area contributed by atoms with Crippen molar-refractivity contribution in [3.8, 4) is 0 Å². The van der Waals surface area contributed by atoms with Crippen molar-refractivity contribution in [1.82, 2.24) is 5.32 Å². The van der Waals surface area contributed by atoms with Crippen molar-refractivity contribution in [2.75, 3.05) is 5.32 Å². The minimum Gasteiger partial charge on any atom is -0.351 e. The van der Waals surface area contributed by atoms with Gasteiger partial charge in [0.05, 0.1) is 0 Å². The van der Waals surface area contributed by atoms with Crippen LogP contribution in [0.15, 0.2) is 54.6 Å². The van der Waals surface area contributed by atoms with Gasteiger partial charge in [0.2, 0.25) is 0 Å². The summed E-state index contributed by atoms with van der Waals surface area (Å²) in [6.07, 6.45) is 0. The molecule has 0 aliphatic rings. The summed E-state index contributed by atoms with van der Waals surface area (Å²) in [6.45, 7) is 4.27. The Bertz CT molecular complexity index is 581. The summed E-state index contributed by atoms with van der Waals surface area (Å²) in [5.74, 6) is 0. The van der Waals surface area contributed by atoms with Crippen LogP contribution in [0.2, 0.25) is 0 Å². The maximum atomic E-state index is 10.8. The summed E-state index contributed by atoms with van der Waals surface area (Å²) in [5.41, 5.74) is 8.21. The minimum atomic E-state index is -0.549. The number of primary amides is 1. The summed E-state index contributed by atoms with van der Waals surface area (Å²) in [4.78, 5) is 10.8. The van der Waals surface area contributed by atoms with Crippen molar-refractivity contribution in [3.63, 3.8) is 0 Å². The standard InChI is InChI=1S/C17H21N3O/c1-12(14-6-4-3-5-7-14)19-13(2)15-8-10-16(11-9-15)20-17(18)21/h3-13,19H,1-2H3,(H3,18,20,21)/t12-,13?/m0/s1. The van der Waals surface area contributed by atoms with Gasteiger partial charge < -0.3 is 16.4 Å². The zero-order valence-corrected chi connectivity index (χ0v) is 12.3. The summed E-state index contributed by atoms with van der Waals surface area (Å²) in [7, 11) is 0. The van der Waals surface area contributed by atoms with E-state index in [4.69, 9.17) is 5.73 Å². The zero-order valence-electron chi connectivity index (χ0n) is 12.3. The van der Waals surface area contributed by atoms with Crippen molar-refractivity contribution >= 4 is 11.7 Å². The fourth-order valence-corrected chi connectivity index (χ4v) is 2.31. The molecule has 21 heavy (non-hydrogen) atoms.